The first-order valence-electron chi connectivity index (χ1n) is 10.4. The molecule has 1 aliphatic rings. The molecule has 1 fully saturated rings. The summed E-state index contributed by atoms with van der Waals surface area (Å²) in [6.45, 7) is 1.68. The fourth-order valence-corrected chi connectivity index (χ4v) is 3.92. The zero-order valence-corrected chi connectivity index (χ0v) is 18.2. The molecule has 1 N–H and O–H groups in total. The van der Waals surface area contributed by atoms with Gasteiger partial charge in [-0.25, -0.2) is 8.78 Å². The highest BCUT2D eigenvalue weighted by atomic mass is 32.1. The van der Waals surface area contributed by atoms with Crippen LogP contribution in [0, 0.1) is 11.6 Å². The number of benzene rings is 3. The summed E-state index contributed by atoms with van der Waals surface area (Å²) < 4.78 is 38.4. The van der Waals surface area contributed by atoms with Gasteiger partial charge in [0.15, 0.2) is 16.7 Å². The Bertz CT molecular complexity index is 997. The van der Waals surface area contributed by atoms with Gasteiger partial charge in [0, 0.05) is 19.2 Å². The van der Waals surface area contributed by atoms with Crippen molar-refractivity contribution in [2.24, 2.45) is 0 Å². The van der Waals surface area contributed by atoms with Gasteiger partial charge in [0.1, 0.15) is 18.5 Å². The van der Waals surface area contributed by atoms with Crippen LogP contribution in [0.25, 0.3) is 0 Å². The minimum atomic E-state index is -0.607. The number of hydrogen-bond acceptors (Lipinski definition) is 3. The largest absolute Gasteiger partial charge is 0.488 e. The molecule has 4 nitrogen and oxygen atoms in total. The lowest BCUT2D eigenvalue weighted by Crippen LogP contribution is -2.51. The third-order valence-electron chi connectivity index (χ3n) is 5.28. The van der Waals surface area contributed by atoms with Crippen LogP contribution in [-0.4, -0.2) is 42.4 Å². The van der Waals surface area contributed by atoms with Gasteiger partial charge in [0.2, 0.25) is 0 Å². The van der Waals surface area contributed by atoms with E-state index < -0.39 is 11.6 Å². The molecule has 1 atom stereocenters. The SMILES string of the molecule is Fc1ccc(F)c(OCC2CN(C(=S)NC(c3ccccc3)c3ccccc3)CCO2)c1. The molecule has 7 heteroatoms. The summed E-state index contributed by atoms with van der Waals surface area (Å²) in [5, 5.41) is 4.09. The van der Waals surface area contributed by atoms with Gasteiger partial charge in [-0.3, -0.25) is 0 Å². The molecule has 0 amide bonds. The van der Waals surface area contributed by atoms with Crippen LogP contribution in [0.4, 0.5) is 8.78 Å². The number of nitrogens with one attached hydrogen (secondary N) is 1. The van der Waals surface area contributed by atoms with Crippen molar-refractivity contribution in [2.45, 2.75) is 12.1 Å². The molecule has 3 aromatic rings. The maximum absolute atomic E-state index is 13.8. The van der Waals surface area contributed by atoms with Crippen LogP contribution in [0.2, 0.25) is 0 Å². The first kappa shape index (κ1) is 22.2. The van der Waals surface area contributed by atoms with Crippen molar-refractivity contribution in [2.75, 3.05) is 26.3 Å². The van der Waals surface area contributed by atoms with E-state index in [0.29, 0.717) is 24.8 Å². The minimum Gasteiger partial charge on any atom is -0.488 e. The second-order valence-electron chi connectivity index (χ2n) is 7.53. The van der Waals surface area contributed by atoms with Crippen molar-refractivity contribution >= 4 is 17.3 Å². The molecule has 3 aromatic carbocycles. The Kier molecular flexibility index (Phi) is 7.29. The number of rotatable bonds is 6. The third kappa shape index (κ3) is 5.60. The summed E-state index contributed by atoms with van der Waals surface area (Å²) in [4.78, 5) is 2.02. The molecular weight excluding hydrogens is 430 g/mol. The molecule has 32 heavy (non-hydrogen) atoms. The van der Waals surface area contributed by atoms with E-state index >= 15 is 0 Å². The highest BCUT2D eigenvalue weighted by molar-refractivity contribution is 7.80. The highest BCUT2D eigenvalue weighted by Crippen LogP contribution is 2.23. The Morgan fingerprint density at radius 1 is 1.03 bits per heavy atom. The van der Waals surface area contributed by atoms with Gasteiger partial charge >= 0.3 is 0 Å². The minimum absolute atomic E-state index is 0.0937. The van der Waals surface area contributed by atoms with Crippen LogP contribution in [0.15, 0.2) is 78.9 Å². The zero-order valence-electron chi connectivity index (χ0n) is 17.4. The van der Waals surface area contributed by atoms with E-state index in [1.54, 1.807) is 0 Å². The van der Waals surface area contributed by atoms with Crippen LogP contribution in [-0.2, 0) is 4.74 Å². The summed E-state index contributed by atoms with van der Waals surface area (Å²) >= 11 is 5.73. The van der Waals surface area contributed by atoms with Crippen molar-refractivity contribution in [1.82, 2.24) is 10.2 Å². The Balaban J connectivity index is 1.41. The number of morpholine rings is 1. The zero-order chi connectivity index (χ0) is 22.3. The summed E-state index contributed by atoms with van der Waals surface area (Å²) in [6, 6.07) is 23.3. The summed E-state index contributed by atoms with van der Waals surface area (Å²) in [5.41, 5.74) is 2.21. The van der Waals surface area contributed by atoms with Gasteiger partial charge in [-0.15, -0.1) is 0 Å². The third-order valence-corrected chi connectivity index (χ3v) is 5.65. The lowest BCUT2D eigenvalue weighted by Gasteiger charge is -2.36. The average Bonchev–Trinajstić information content (AvgIpc) is 2.84. The predicted octanol–water partition coefficient (Wildman–Crippen LogP) is 4.71. The summed E-state index contributed by atoms with van der Waals surface area (Å²) in [7, 11) is 0. The van der Waals surface area contributed by atoms with Crippen LogP contribution < -0.4 is 10.1 Å². The second kappa shape index (κ2) is 10.5. The van der Waals surface area contributed by atoms with Gasteiger partial charge in [-0.2, -0.15) is 0 Å². The van der Waals surface area contributed by atoms with Crippen molar-refractivity contribution in [3.05, 3.63) is 102 Å². The molecule has 0 aliphatic carbocycles. The standard InChI is InChI=1S/C25H24F2N2O2S/c26-20-11-12-22(27)23(15-20)31-17-21-16-29(13-14-30-21)25(32)28-24(18-7-3-1-4-8-18)19-9-5-2-6-10-19/h1-12,15,21,24H,13-14,16-17H2,(H,28,32). The van der Waals surface area contributed by atoms with Gasteiger partial charge < -0.3 is 19.7 Å². The van der Waals surface area contributed by atoms with E-state index in [9.17, 15) is 8.78 Å². The normalized spacial score (nSPS) is 16.1. The smallest absolute Gasteiger partial charge is 0.169 e. The molecule has 0 spiro atoms. The first-order chi connectivity index (χ1) is 15.6. The molecule has 1 saturated heterocycles. The van der Waals surface area contributed by atoms with Crippen LogP contribution in [0.5, 0.6) is 5.75 Å². The van der Waals surface area contributed by atoms with Gasteiger partial charge in [-0.1, -0.05) is 60.7 Å². The maximum atomic E-state index is 13.8. The highest BCUT2D eigenvalue weighted by Gasteiger charge is 2.25. The van der Waals surface area contributed by atoms with Crippen molar-refractivity contribution < 1.29 is 18.3 Å². The van der Waals surface area contributed by atoms with Gasteiger partial charge in [-0.05, 0) is 35.5 Å². The molecule has 0 bridgehead atoms. The second-order valence-corrected chi connectivity index (χ2v) is 7.92. The molecule has 0 radical (unpaired) electrons. The molecule has 1 aliphatic heterocycles. The predicted molar refractivity (Wildman–Crippen MR) is 124 cm³/mol. The summed E-state index contributed by atoms with van der Waals surface area (Å²) in [6.07, 6.45) is -0.321. The lowest BCUT2D eigenvalue weighted by molar-refractivity contribution is -0.0294. The fraction of sp³-hybridized carbons (Fsp3) is 0.240. The molecular formula is C25H24F2N2O2S. The van der Waals surface area contributed by atoms with E-state index in [0.717, 1.165) is 29.3 Å². The Morgan fingerprint density at radius 2 is 1.69 bits per heavy atom. The summed E-state index contributed by atoms with van der Waals surface area (Å²) in [5.74, 6) is -1.28. The van der Waals surface area contributed by atoms with E-state index in [1.807, 2.05) is 41.3 Å². The molecule has 4 rings (SSSR count). The Labute approximate surface area is 191 Å². The number of halogens is 2. The maximum Gasteiger partial charge on any atom is 0.169 e. The van der Waals surface area contributed by atoms with E-state index in [-0.39, 0.29) is 24.5 Å². The van der Waals surface area contributed by atoms with Gasteiger partial charge in [0.25, 0.3) is 0 Å². The van der Waals surface area contributed by atoms with E-state index in [1.165, 1.54) is 0 Å². The van der Waals surface area contributed by atoms with Crippen molar-refractivity contribution in [3.63, 3.8) is 0 Å². The quantitative estimate of drug-likeness (QED) is 0.546. The molecule has 1 unspecified atom stereocenters. The van der Waals surface area contributed by atoms with Crippen LogP contribution in [0.3, 0.4) is 0 Å². The first-order valence-corrected chi connectivity index (χ1v) is 10.9. The number of nitrogens with zero attached hydrogens (tertiary/aromatic N) is 1. The van der Waals surface area contributed by atoms with Gasteiger partial charge in [0.05, 0.1) is 12.6 Å². The van der Waals surface area contributed by atoms with E-state index in [4.69, 9.17) is 21.7 Å². The number of thiocarbonyl (C=S) groups is 1. The molecule has 0 saturated carbocycles. The Hall–Kier alpha value is -3.03. The molecule has 1 heterocycles. The monoisotopic (exact) mass is 454 g/mol. The lowest BCUT2D eigenvalue weighted by atomic mass is 9.99. The Morgan fingerprint density at radius 3 is 2.34 bits per heavy atom. The molecule has 0 aromatic heterocycles. The van der Waals surface area contributed by atoms with Crippen molar-refractivity contribution in [1.29, 1.82) is 0 Å². The van der Waals surface area contributed by atoms with Crippen LogP contribution in [0.1, 0.15) is 17.2 Å². The molecule has 166 valence electrons. The number of ether oxygens (including phenoxy) is 2. The average molecular weight is 455 g/mol. The van der Waals surface area contributed by atoms with Crippen molar-refractivity contribution in [3.8, 4) is 5.75 Å². The van der Waals surface area contributed by atoms with E-state index in [2.05, 4.69) is 29.6 Å². The fourth-order valence-electron chi connectivity index (χ4n) is 3.64. The van der Waals surface area contributed by atoms with Crippen LogP contribution >= 0.6 is 12.2 Å². The topological polar surface area (TPSA) is 33.7 Å². The number of hydrogen-bond donors (Lipinski definition) is 1.